The van der Waals surface area contributed by atoms with E-state index in [1.807, 2.05) is 73.0 Å². The summed E-state index contributed by atoms with van der Waals surface area (Å²) in [4.78, 5) is 30.4. The largest absolute Gasteiger partial charge is 0.351 e. The van der Waals surface area contributed by atoms with Crippen molar-refractivity contribution >= 4 is 34.2 Å². The number of nitrogens with one attached hydrogen (secondary N) is 1. The van der Waals surface area contributed by atoms with Gasteiger partial charge in [0.05, 0.1) is 12.1 Å². The van der Waals surface area contributed by atoms with E-state index in [1.54, 1.807) is 20.9 Å². The van der Waals surface area contributed by atoms with E-state index in [9.17, 15) is 9.59 Å². The monoisotopic (exact) mass is 487 g/mol. The van der Waals surface area contributed by atoms with E-state index >= 15 is 0 Å². The number of hydrogen-bond acceptors (Lipinski definition) is 5. The van der Waals surface area contributed by atoms with Gasteiger partial charge in [0.15, 0.2) is 0 Å². The van der Waals surface area contributed by atoms with Crippen molar-refractivity contribution in [2.45, 2.75) is 57.8 Å². The second-order valence-electron chi connectivity index (χ2n) is 9.09. The molecule has 180 valence electrons. The summed E-state index contributed by atoms with van der Waals surface area (Å²) in [6.45, 7) is 2.34. The van der Waals surface area contributed by atoms with Crippen LogP contribution in [0.4, 0.5) is 0 Å². The molecule has 0 saturated heterocycles. The summed E-state index contributed by atoms with van der Waals surface area (Å²) in [6, 6.07) is 18.8. The van der Waals surface area contributed by atoms with Gasteiger partial charge in [-0.3, -0.25) is 9.59 Å². The Morgan fingerprint density at radius 2 is 1.86 bits per heavy atom. The van der Waals surface area contributed by atoms with E-state index < -0.39 is 6.04 Å². The molecule has 2 aromatic carbocycles. The molecule has 0 spiro atoms. The average Bonchev–Trinajstić information content (AvgIpc) is 3.63. The predicted molar refractivity (Wildman–Crippen MR) is 137 cm³/mol. The maximum absolute atomic E-state index is 13.9. The number of hydrogen-bond donors (Lipinski definition) is 1. The highest BCUT2D eigenvalue weighted by Crippen LogP contribution is 2.29. The number of carbonyl (C=O) groups excluding carboxylic acids is 2. The van der Waals surface area contributed by atoms with Gasteiger partial charge in [-0.2, -0.15) is 0 Å². The first-order chi connectivity index (χ1) is 17.1. The van der Waals surface area contributed by atoms with Crippen molar-refractivity contribution < 1.29 is 9.59 Å². The number of fused-ring (bicyclic) bond motifs is 1. The first-order valence-electron chi connectivity index (χ1n) is 12.1. The SMILES string of the molecule is Cc1ccccc1[C@H](C(=O)NC1CCCC1)N(Cc1cccs1)C(=O)Cn1nnc2ccccc21. The third-order valence-corrected chi connectivity index (χ3v) is 7.54. The van der Waals surface area contributed by atoms with Gasteiger partial charge in [0.1, 0.15) is 18.1 Å². The molecule has 1 atom stereocenters. The average molecular weight is 488 g/mol. The van der Waals surface area contributed by atoms with Gasteiger partial charge in [0.2, 0.25) is 11.8 Å². The molecule has 7 nitrogen and oxygen atoms in total. The first-order valence-corrected chi connectivity index (χ1v) is 12.9. The molecule has 2 heterocycles. The van der Waals surface area contributed by atoms with Crippen LogP contribution in [0.3, 0.4) is 0 Å². The number of nitrogens with zero attached hydrogens (tertiary/aromatic N) is 4. The highest BCUT2D eigenvalue weighted by molar-refractivity contribution is 7.09. The van der Waals surface area contributed by atoms with Crippen molar-refractivity contribution in [3.05, 3.63) is 82.0 Å². The van der Waals surface area contributed by atoms with E-state index in [1.165, 1.54) is 0 Å². The normalized spacial score (nSPS) is 14.8. The fraction of sp³-hybridized carbons (Fsp3) is 0.333. The van der Waals surface area contributed by atoms with Crippen molar-refractivity contribution in [2.24, 2.45) is 0 Å². The molecular formula is C27H29N5O2S. The summed E-state index contributed by atoms with van der Waals surface area (Å²) < 4.78 is 1.61. The molecule has 2 amide bonds. The predicted octanol–water partition coefficient (Wildman–Crippen LogP) is 4.63. The van der Waals surface area contributed by atoms with Gasteiger partial charge in [-0.1, -0.05) is 60.5 Å². The van der Waals surface area contributed by atoms with Crippen LogP contribution in [-0.2, 0) is 22.7 Å². The molecule has 1 aliphatic carbocycles. The quantitative estimate of drug-likeness (QED) is 0.393. The zero-order chi connectivity index (χ0) is 24.2. The van der Waals surface area contributed by atoms with Gasteiger partial charge in [-0.15, -0.1) is 16.4 Å². The minimum Gasteiger partial charge on any atom is -0.351 e. The third-order valence-electron chi connectivity index (χ3n) is 6.68. The zero-order valence-corrected chi connectivity index (χ0v) is 20.6. The fourth-order valence-corrected chi connectivity index (χ4v) is 5.54. The molecule has 0 radical (unpaired) electrons. The van der Waals surface area contributed by atoms with E-state index in [0.717, 1.165) is 52.7 Å². The lowest BCUT2D eigenvalue weighted by atomic mass is 9.98. The molecule has 8 heteroatoms. The van der Waals surface area contributed by atoms with Crippen LogP contribution in [0.1, 0.15) is 47.7 Å². The number of aromatic nitrogens is 3. The summed E-state index contributed by atoms with van der Waals surface area (Å²) in [5, 5.41) is 13.6. The lowest BCUT2D eigenvalue weighted by Crippen LogP contribution is -2.46. The topological polar surface area (TPSA) is 80.1 Å². The Morgan fingerprint density at radius 1 is 1.09 bits per heavy atom. The van der Waals surface area contributed by atoms with Crippen molar-refractivity contribution in [1.29, 1.82) is 0 Å². The molecule has 1 saturated carbocycles. The number of thiophene rings is 1. The van der Waals surface area contributed by atoms with Crippen LogP contribution in [0.25, 0.3) is 11.0 Å². The number of carbonyl (C=O) groups is 2. The maximum Gasteiger partial charge on any atom is 0.247 e. The highest BCUT2D eigenvalue weighted by atomic mass is 32.1. The van der Waals surface area contributed by atoms with Crippen molar-refractivity contribution in [3.63, 3.8) is 0 Å². The van der Waals surface area contributed by atoms with Crippen LogP contribution in [0.2, 0.25) is 0 Å². The summed E-state index contributed by atoms with van der Waals surface area (Å²) in [6.07, 6.45) is 4.21. The molecule has 1 aliphatic rings. The second-order valence-corrected chi connectivity index (χ2v) is 10.1. The summed E-state index contributed by atoms with van der Waals surface area (Å²) >= 11 is 1.58. The molecule has 35 heavy (non-hydrogen) atoms. The van der Waals surface area contributed by atoms with Gasteiger partial charge in [-0.05, 0) is 54.5 Å². The lowest BCUT2D eigenvalue weighted by Gasteiger charge is -2.33. The van der Waals surface area contributed by atoms with Gasteiger partial charge in [0.25, 0.3) is 0 Å². The molecule has 4 aromatic rings. The number of aryl methyl sites for hydroxylation is 1. The van der Waals surface area contributed by atoms with E-state index in [-0.39, 0.29) is 24.4 Å². The molecular weight excluding hydrogens is 458 g/mol. The number of para-hydroxylation sites is 1. The molecule has 0 bridgehead atoms. The Balaban J connectivity index is 1.52. The number of amides is 2. The molecule has 5 rings (SSSR count). The summed E-state index contributed by atoms with van der Waals surface area (Å²) in [5.41, 5.74) is 3.35. The Morgan fingerprint density at radius 3 is 2.63 bits per heavy atom. The van der Waals surface area contributed by atoms with Crippen LogP contribution in [0.15, 0.2) is 66.0 Å². The smallest absolute Gasteiger partial charge is 0.247 e. The minimum absolute atomic E-state index is 0.00494. The zero-order valence-electron chi connectivity index (χ0n) is 19.8. The number of benzene rings is 2. The Kier molecular flexibility index (Phi) is 6.90. The van der Waals surface area contributed by atoms with Crippen LogP contribution >= 0.6 is 11.3 Å². The Bertz CT molecular complexity index is 1310. The van der Waals surface area contributed by atoms with Gasteiger partial charge >= 0.3 is 0 Å². The molecule has 1 fully saturated rings. The minimum atomic E-state index is -0.735. The van der Waals surface area contributed by atoms with Crippen LogP contribution in [-0.4, -0.2) is 37.7 Å². The van der Waals surface area contributed by atoms with Crippen molar-refractivity contribution in [3.8, 4) is 0 Å². The molecule has 0 aliphatic heterocycles. The maximum atomic E-state index is 13.9. The Hall–Kier alpha value is -3.52. The van der Waals surface area contributed by atoms with E-state index in [0.29, 0.717) is 6.54 Å². The summed E-state index contributed by atoms with van der Waals surface area (Å²) in [7, 11) is 0. The molecule has 2 aromatic heterocycles. The van der Waals surface area contributed by atoms with Crippen molar-refractivity contribution in [1.82, 2.24) is 25.2 Å². The fourth-order valence-electron chi connectivity index (χ4n) is 4.84. The third kappa shape index (κ3) is 5.12. The standard InChI is InChI=1S/C27H29N5O2S/c1-19-9-2-5-13-22(19)26(27(34)28-20-10-3-4-11-20)31(17-21-12-8-16-35-21)25(33)18-32-24-15-7-6-14-23(24)29-30-32/h2,5-9,12-16,20,26H,3-4,10-11,17-18H2,1H3,(H,28,34)/t26-/m1/s1. The van der Waals surface area contributed by atoms with Crippen LogP contribution in [0.5, 0.6) is 0 Å². The first kappa shape index (κ1) is 23.2. The van der Waals surface area contributed by atoms with Crippen LogP contribution < -0.4 is 5.32 Å². The van der Waals surface area contributed by atoms with E-state index in [4.69, 9.17) is 0 Å². The second kappa shape index (κ2) is 10.4. The molecule has 0 unspecified atom stereocenters. The van der Waals surface area contributed by atoms with Gasteiger partial charge in [-0.25, -0.2) is 4.68 Å². The van der Waals surface area contributed by atoms with Gasteiger partial charge in [0, 0.05) is 10.9 Å². The Labute approximate surface area is 208 Å². The highest BCUT2D eigenvalue weighted by Gasteiger charge is 2.34. The van der Waals surface area contributed by atoms with E-state index in [2.05, 4.69) is 15.6 Å². The van der Waals surface area contributed by atoms with Crippen LogP contribution in [0, 0.1) is 6.92 Å². The van der Waals surface area contributed by atoms with Crippen molar-refractivity contribution in [2.75, 3.05) is 0 Å². The molecule has 1 N–H and O–H groups in total. The lowest BCUT2D eigenvalue weighted by molar-refractivity contribution is -0.142. The summed E-state index contributed by atoms with van der Waals surface area (Å²) in [5.74, 6) is -0.302. The van der Waals surface area contributed by atoms with Gasteiger partial charge < -0.3 is 10.2 Å². The number of rotatable bonds is 8.